The third-order valence-corrected chi connectivity index (χ3v) is 3.43. The van der Waals surface area contributed by atoms with Crippen LogP contribution in [0.2, 0.25) is 5.82 Å². The van der Waals surface area contributed by atoms with Gasteiger partial charge in [-0.1, -0.05) is 18.3 Å². The maximum absolute atomic E-state index is 13.4. The van der Waals surface area contributed by atoms with Crippen LogP contribution in [-0.4, -0.2) is 22.8 Å². The molecule has 1 aliphatic heterocycles. The first-order valence-electron chi connectivity index (χ1n) is 5.24. The maximum Gasteiger partial charge on any atom is 1.00 e. The molecule has 1 heterocycles. The number of rotatable bonds is 1. The zero-order chi connectivity index (χ0) is 12.4. The van der Waals surface area contributed by atoms with Crippen LogP contribution in [0.25, 0.3) is 0 Å². The van der Waals surface area contributed by atoms with Crippen molar-refractivity contribution in [2.45, 2.75) is 18.2 Å². The van der Waals surface area contributed by atoms with Gasteiger partial charge in [-0.25, -0.2) is 4.39 Å². The van der Waals surface area contributed by atoms with Gasteiger partial charge in [0.05, 0.1) is 17.3 Å². The van der Waals surface area contributed by atoms with Crippen molar-refractivity contribution >= 4 is 12.7 Å². The molecule has 2 aliphatic rings. The summed E-state index contributed by atoms with van der Waals surface area (Å²) in [5.74, 6) is -3.65. The third kappa shape index (κ3) is 2.75. The molecule has 2 N–H and O–H groups in total. The van der Waals surface area contributed by atoms with Crippen LogP contribution in [0.4, 0.5) is 4.39 Å². The summed E-state index contributed by atoms with van der Waals surface area (Å²) in [6, 6.07) is 2.44. The monoisotopic (exact) mass is 284 g/mol. The zero-order valence-electron chi connectivity index (χ0n) is 10.6. The molecule has 0 radical (unpaired) electrons. The fraction of sp³-hybridized carbons (Fsp3) is 0.300. The van der Waals surface area contributed by atoms with E-state index in [2.05, 4.69) is 0 Å². The Hall–Kier alpha value is 0.405. The normalized spacial score (nSPS) is 24.8. The van der Waals surface area contributed by atoms with Gasteiger partial charge in [0.25, 0.3) is 0 Å². The Bertz CT molecular complexity index is 539. The Morgan fingerprint density at radius 1 is 1.42 bits per heavy atom. The predicted octanol–water partition coefficient (Wildman–Crippen LogP) is -6.63. The smallest absolute Gasteiger partial charge is 0.669 e. The molecule has 9 heteroatoms. The molecule has 1 aromatic carbocycles. The average molecular weight is 284 g/mol. The molecule has 19 heavy (non-hydrogen) atoms. The number of carbonyl (C=O) groups excluding carboxylic acids is 1. The zero-order valence-corrected chi connectivity index (χ0v) is 14.6. The van der Waals surface area contributed by atoms with Gasteiger partial charge >= 0.3 is 65.9 Å². The van der Waals surface area contributed by atoms with Gasteiger partial charge in [-0.2, -0.15) is 0 Å². The molecule has 1 aliphatic carbocycles. The van der Waals surface area contributed by atoms with Crippen LogP contribution < -0.4 is 68.9 Å². The van der Waals surface area contributed by atoms with Crippen molar-refractivity contribution in [3.8, 4) is 5.75 Å². The Morgan fingerprint density at radius 3 is 2.63 bits per heavy atom. The predicted molar refractivity (Wildman–Crippen MR) is 52.7 cm³/mol. The summed E-state index contributed by atoms with van der Waals surface area (Å²) >= 11 is 0. The fourth-order valence-electron chi connectivity index (χ4n) is 2.50. The van der Waals surface area contributed by atoms with Crippen LogP contribution in [0.3, 0.4) is 0 Å². The van der Waals surface area contributed by atoms with Crippen LogP contribution in [0.5, 0.6) is 5.75 Å². The number of hydrogen-bond acceptors (Lipinski definition) is 5. The molecule has 2 atom stereocenters. The molecular formula is C10H8BFNa2O5. The van der Waals surface area contributed by atoms with E-state index in [0.717, 1.165) is 6.07 Å². The van der Waals surface area contributed by atoms with Crippen LogP contribution in [0, 0.1) is 5.82 Å². The van der Waals surface area contributed by atoms with E-state index in [-0.39, 0.29) is 70.8 Å². The standard InChI is InChI=1S/C10H9BFO5.2Na/c12-7-2-1-4-5-3-6(5)11(15,16)17-9(4)8(7)10(13)14;;/h1-2,5-6,15-16H,3H2,(H,13,14);;/q-1;2*+1/p-1/t5-,6-;;/m1../s1. The van der Waals surface area contributed by atoms with Gasteiger partial charge < -0.3 is 24.6 Å². The van der Waals surface area contributed by atoms with Gasteiger partial charge in [0.15, 0.2) is 0 Å². The minimum atomic E-state index is -3.11. The summed E-state index contributed by atoms with van der Waals surface area (Å²) in [6.45, 7) is -3.11. The molecular weight excluding hydrogens is 276 g/mol. The summed E-state index contributed by atoms with van der Waals surface area (Å²) in [4.78, 5) is 10.8. The molecule has 0 bridgehead atoms. The van der Waals surface area contributed by atoms with Gasteiger partial charge in [0.1, 0.15) is 5.82 Å². The number of hydrogen-bond donors (Lipinski definition) is 2. The Morgan fingerprint density at radius 2 is 2.05 bits per heavy atom. The summed E-state index contributed by atoms with van der Waals surface area (Å²) in [5.41, 5.74) is -0.251. The molecule has 5 nitrogen and oxygen atoms in total. The van der Waals surface area contributed by atoms with E-state index < -0.39 is 29.9 Å². The number of fused-ring (bicyclic) bond motifs is 3. The van der Waals surface area contributed by atoms with E-state index in [1.807, 2.05) is 0 Å². The Kier molecular flexibility index (Phi) is 5.19. The van der Waals surface area contributed by atoms with E-state index in [4.69, 9.17) is 4.65 Å². The SMILES string of the molecule is O=C([O-])c1c(F)ccc2c1O[B-](O)(O)[C@@H]1C[C@H]21.[Na+].[Na+]. The van der Waals surface area contributed by atoms with Gasteiger partial charge in [-0.05, 0) is 17.5 Å². The van der Waals surface area contributed by atoms with Gasteiger partial charge in [-0.3, -0.25) is 0 Å². The molecule has 0 spiro atoms. The quantitative estimate of drug-likeness (QED) is 0.500. The van der Waals surface area contributed by atoms with Crippen LogP contribution in [0.15, 0.2) is 12.1 Å². The number of carboxylic acids is 1. The summed E-state index contributed by atoms with van der Waals surface area (Å²) in [6.07, 6.45) is 0.498. The number of benzene rings is 1. The Balaban J connectivity index is 0.000000902. The largest absolute Gasteiger partial charge is 1.00 e. The second-order valence-electron chi connectivity index (χ2n) is 4.51. The first kappa shape index (κ1) is 17.5. The number of carboxylic acid groups (broad SMARTS) is 1. The van der Waals surface area contributed by atoms with Crippen molar-refractivity contribution in [1.82, 2.24) is 0 Å². The minimum Gasteiger partial charge on any atom is -0.669 e. The molecule has 1 fully saturated rings. The Labute approximate surface area is 152 Å². The van der Waals surface area contributed by atoms with E-state index in [0.29, 0.717) is 12.0 Å². The third-order valence-electron chi connectivity index (χ3n) is 3.43. The minimum absolute atomic E-state index is 0. The molecule has 90 valence electrons. The molecule has 0 amide bonds. The van der Waals surface area contributed by atoms with Crippen molar-refractivity contribution in [3.63, 3.8) is 0 Å². The van der Waals surface area contributed by atoms with E-state index in [9.17, 15) is 24.3 Å². The van der Waals surface area contributed by atoms with Crippen molar-refractivity contribution in [2.75, 3.05) is 0 Å². The average Bonchev–Trinajstić information content (AvgIpc) is 2.96. The second kappa shape index (κ2) is 5.65. The summed E-state index contributed by atoms with van der Waals surface area (Å²) in [7, 11) is 0. The number of carbonyl (C=O) groups is 1. The molecule has 1 saturated carbocycles. The van der Waals surface area contributed by atoms with Crippen molar-refractivity contribution in [2.24, 2.45) is 0 Å². The van der Waals surface area contributed by atoms with Crippen molar-refractivity contribution in [1.29, 1.82) is 0 Å². The van der Waals surface area contributed by atoms with Crippen LogP contribution >= 0.6 is 0 Å². The van der Waals surface area contributed by atoms with Gasteiger partial charge in [0, 0.05) is 0 Å². The molecule has 3 rings (SSSR count). The van der Waals surface area contributed by atoms with Crippen LogP contribution in [-0.2, 0) is 0 Å². The first-order chi connectivity index (χ1) is 7.92. The number of halogens is 1. The maximum atomic E-state index is 13.4. The van der Waals surface area contributed by atoms with E-state index in [1.165, 1.54) is 6.07 Å². The van der Waals surface area contributed by atoms with Gasteiger partial charge in [-0.15, -0.1) is 0 Å². The van der Waals surface area contributed by atoms with Gasteiger partial charge in [0.2, 0.25) is 0 Å². The number of aromatic carboxylic acids is 1. The first-order valence-corrected chi connectivity index (χ1v) is 5.24. The van der Waals surface area contributed by atoms with Crippen molar-refractivity contribution < 1.29 is 88.1 Å². The molecule has 0 aromatic heterocycles. The summed E-state index contributed by atoms with van der Waals surface area (Å²) < 4.78 is 18.2. The second-order valence-corrected chi connectivity index (χ2v) is 4.51. The molecule has 0 saturated heterocycles. The van der Waals surface area contributed by atoms with Crippen molar-refractivity contribution in [3.05, 3.63) is 29.1 Å². The van der Waals surface area contributed by atoms with E-state index >= 15 is 0 Å². The molecule has 1 aromatic rings. The van der Waals surface area contributed by atoms with Crippen LogP contribution in [0.1, 0.15) is 28.3 Å². The fourth-order valence-corrected chi connectivity index (χ4v) is 2.50. The van der Waals surface area contributed by atoms with E-state index in [1.54, 1.807) is 0 Å². The topological polar surface area (TPSA) is 89.8 Å². The molecule has 0 unspecified atom stereocenters. The summed E-state index contributed by atoms with van der Waals surface area (Å²) in [5, 5.41) is 30.0.